The fraction of sp³-hybridized carbons (Fsp3) is 0.611. The molecule has 0 radical (unpaired) electrons. The molecule has 1 aliphatic rings. The monoisotopic (exact) mass is 290 g/mol. The average molecular weight is 290 g/mol. The maximum absolute atomic E-state index is 11.2. The van der Waals surface area contributed by atoms with Crippen LogP contribution in [0.25, 0.3) is 0 Å². The van der Waals surface area contributed by atoms with E-state index in [1.54, 1.807) is 7.11 Å². The quantitative estimate of drug-likeness (QED) is 0.763. The molecule has 1 atom stereocenters. The molecule has 1 fully saturated rings. The molecule has 1 saturated carbocycles. The van der Waals surface area contributed by atoms with E-state index >= 15 is 0 Å². The van der Waals surface area contributed by atoms with Gasteiger partial charge in [-0.15, -0.1) is 0 Å². The van der Waals surface area contributed by atoms with Crippen molar-refractivity contribution in [2.75, 3.05) is 7.11 Å². The van der Waals surface area contributed by atoms with E-state index in [1.165, 1.54) is 5.56 Å². The van der Waals surface area contributed by atoms with Gasteiger partial charge in [0, 0.05) is 5.92 Å². The Bertz CT molecular complexity index is 487. The van der Waals surface area contributed by atoms with E-state index in [2.05, 4.69) is 26.0 Å². The second kappa shape index (κ2) is 6.97. The Hall–Kier alpha value is -1.51. The summed E-state index contributed by atoms with van der Waals surface area (Å²) in [7, 11) is 1.67. The number of hydrogen-bond acceptors (Lipinski definition) is 2. The molecule has 1 unspecified atom stereocenters. The van der Waals surface area contributed by atoms with Gasteiger partial charge in [-0.1, -0.05) is 26.0 Å². The Balaban J connectivity index is 2.37. The zero-order valence-corrected chi connectivity index (χ0v) is 13.3. The van der Waals surface area contributed by atoms with Gasteiger partial charge >= 0.3 is 5.97 Å². The van der Waals surface area contributed by atoms with Crippen LogP contribution in [0.2, 0.25) is 0 Å². The summed E-state index contributed by atoms with van der Waals surface area (Å²) in [5.74, 6) is 1.25. The molecular formula is C18H26O3. The molecule has 21 heavy (non-hydrogen) atoms. The fourth-order valence-electron chi connectivity index (χ4n) is 3.27. The van der Waals surface area contributed by atoms with Crippen LogP contribution >= 0.6 is 0 Å². The Kier molecular flexibility index (Phi) is 5.27. The van der Waals surface area contributed by atoms with Crippen molar-refractivity contribution in [2.24, 2.45) is 5.92 Å². The van der Waals surface area contributed by atoms with Gasteiger partial charge in [-0.05, 0) is 54.7 Å². The van der Waals surface area contributed by atoms with Crippen LogP contribution in [0.4, 0.5) is 0 Å². The molecule has 2 rings (SSSR count). The summed E-state index contributed by atoms with van der Waals surface area (Å²) in [6, 6.07) is 6.34. The summed E-state index contributed by atoms with van der Waals surface area (Å²) in [6.07, 6.45) is 4.69. The van der Waals surface area contributed by atoms with Crippen molar-refractivity contribution in [1.29, 1.82) is 0 Å². The van der Waals surface area contributed by atoms with E-state index in [9.17, 15) is 9.90 Å². The van der Waals surface area contributed by atoms with Crippen molar-refractivity contribution in [3.8, 4) is 5.75 Å². The summed E-state index contributed by atoms with van der Waals surface area (Å²) < 4.78 is 5.49. The largest absolute Gasteiger partial charge is 0.496 e. The molecule has 0 aromatic heterocycles. The lowest BCUT2D eigenvalue weighted by Crippen LogP contribution is -2.11. The SMILES string of the molecule is CCC(CC)c1ccc(OC)c(C(CC(=O)O)C2CC2)c1. The highest BCUT2D eigenvalue weighted by Gasteiger charge is 2.35. The van der Waals surface area contributed by atoms with Gasteiger partial charge < -0.3 is 9.84 Å². The van der Waals surface area contributed by atoms with Crippen LogP contribution in [-0.4, -0.2) is 18.2 Å². The fourth-order valence-corrected chi connectivity index (χ4v) is 3.27. The third-order valence-corrected chi connectivity index (χ3v) is 4.70. The molecule has 3 nitrogen and oxygen atoms in total. The van der Waals surface area contributed by atoms with Crippen LogP contribution in [0.15, 0.2) is 18.2 Å². The molecular weight excluding hydrogens is 264 g/mol. The maximum Gasteiger partial charge on any atom is 0.303 e. The first-order valence-electron chi connectivity index (χ1n) is 8.00. The van der Waals surface area contributed by atoms with Crippen molar-refractivity contribution in [1.82, 2.24) is 0 Å². The first kappa shape index (κ1) is 15.9. The van der Waals surface area contributed by atoms with Gasteiger partial charge in [-0.25, -0.2) is 0 Å². The summed E-state index contributed by atoms with van der Waals surface area (Å²) in [6.45, 7) is 4.40. The van der Waals surface area contributed by atoms with Crippen LogP contribution in [0.5, 0.6) is 5.75 Å². The first-order valence-corrected chi connectivity index (χ1v) is 8.00. The molecule has 0 spiro atoms. The highest BCUT2D eigenvalue weighted by atomic mass is 16.5. The van der Waals surface area contributed by atoms with Gasteiger partial charge in [-0.2, -0.15) is 0 Å². The number of carboxylic acid groups (broad SMARTS) is 1. The molecule has 1 aliphatic carbocycles. The number of rotatable bonds is 8. The van der Waals surface area contributed by atoms with Gasteiger partial charge in [0.05, 0.1) is 13.5 Å². The molecule has 0 amide bonds. The highest BCUT2D eigenvalue weighted by molar-refractivity contribution is 5.68. The highest BCUT2D eigenvalue weighted by Crippen LogP contribution is 2.47. The van der Waals surface area contributed by atoms with Crippen LogP contribution < -0.4 is 4.74 Å². The van der Waals surface area contributed by atoms with Crippen molar-refractivity contribution < 1.29 is 14.6 Å². The number of carboxylic acids is 1. The normalized spacial score (nSPS) is 16.0. The topological polar surface area (TPSA) is 46.5 Å². The molecule has 0 bridgehead atoms. The minimum atomic E-state index is -0.720. The number of methoxy groups -OCH3 is 1. The second-order valence-corrected chi connectivity index (χ2v) is 6.06. The van der Waals surface area contributed by atoms with Crippen molar-refractivity contribution in [3.63, 3.8) is 0 Å². The van der Waals surface area contributed by atoms with Crippen molar-refractivity contribution >= 4 is 5.97 Å². The summed E-state index contributed by atoms with van der Waals surface area (Å²) in [5.41, 5.74) is 2.40. The molecule has 1 aromatic carbocycles. The molecule has 1 aromatic rings. The lowest BCUT2D eigenvalue weighted by molar-refractivity contribution is -0.137. The molecule has 116 valence electrons. The molecule has 3 heteroatoms. The van der Waals surface area contributed by atoms with Gasteiger partial charge in [-0.3, -0.25) is 4.79 Å². The van der Waals surface area contributed by atoms with E-state index in [4.69, 9.17) is 4.74 Å². The Labute approximate surface area is 127 Å². The standard InChI is InChI=1S/C18H26O3/c1-4-12(5-2)14-8-9-17(21-3)16(10-14)15(11-18(19)20)13-6-7-13/h8-10,12-13,15H,4-7,11H2,1-3H3,(H,19,20). The Morgan fingerprint density at radius 2 is 2.00 bits per heavy atom. The minimum absolute atomic E-state index is 0.0896. The minimum Gasteiger partial charge on any atom is -0.496 e. The van der Waals surface area contributed by atoms with Gasteiger partial charge in [0.2, 0.25) is 0 Å². The number of aliphatic carboxylic acids is 1. The Morgan fingerprint density at radius 1 is 1.33 bits per heavy atom. The summed E-state index contributed by atoms with van der Waals surface area (Å²) in [5, 5.41) is 9.22. The zero-order valence-electron chi connectivity index (χ0n) is 13.3. The third-order valence-electron chi connectivity index (χ3n) is 4.70. The Morgan fingerprint density at radius 3 is 2.48 bits per heavy atom. The zero-order chi connectivity index (χ0) is 15.4. The van der Waals surface area contributed by atoms with E-state index in [0.717, 1.165) is 37.0 Å². The molecule has 0 aliphatic heterocycles. The number of carbonyl (C=O) groups is 1. The van der Waals surface area contributed by atoms with E-state index in [1.807, 2.05) is 6.07 Å². The van der Waals surface area contributed by atoms with Gasteiger partial charge in [0.25, 0.3) is 0 Å². The number of hydrogen-bond donors (Lipinski definition) is 1. The van der Waals surface area contributed by atoms with Crippen molar-refractivity contribution in [2.45, 2.75) is 57.8 Å². The van der Waals surface area contributed by atoms with Gasteiger partial charge in [0.15, 0.2) is 0 Å². The van der Waals surface area contributed by atoms with E-state index in [0.29, 0.717) is 11.8 Å². The lowest BCUT2D eigenvalue weighted by Gasteiger charge is -2.21. The summed E-state index contributed by atoms with van der Waals surface area (Å²) >= 11 is 0. The first-order chi connectivity index (χ1) is 10.1. The smallest absolute Gasteiger partial charge is 0.303 e. The average Bonchev–Trinajstić information content (AvgIpc) is 3.30. The predicted octanol–water partition coefficient (Wildman–Crippen LogP) is 4.57. The van der Waals surface area contributed by atoms with Crippen LogP contribution in [0.1, 0.15) is 68.9 Å². The second-order valence-electron chi connectivity index (χ2n) is 6.06. The van der Waals surface area contributed by atoms with E-state index in [-0.39, 0.29) is 12.3 Å². The number of benzene rings is 1. The summed E-state index contributed by atoms with van der Waals surface area (Å²) in [4.78, 5) is 11.2. The van der Waals surface area contributed by atoms with Crippen molar-refractivity contribution in [3.05, 3.63) is 29.3 Å². The predicted molar refractivity (Wildman–Crippen MR) is 84.0 cm³/mol. The maximum atomic E-state index is 11.2. The molecule has 0 saturated heterocycles. The molecule has 0 heterocycles. The van der Waals surface area contributed by atoms with E-state index < -0.39 is 5.97 Å². The van der Waals surface area contributed by atoms with Gasteiger partial charge in [0.1, 0.15) is 5.75 Å². The van der Waals surface area contributed by atoms with Crippen LogP contribution in [0, 0.1) is 5.92 Å². The molecule has 1 N–H and O–H groups in total. The van der Waals surface area contributed by atoms with Crippen LogP contribution in [0.3, 0.4) is 0 Å². The van der Waals surface area contributed by atoms with Crippen LogP contribution in [-0.2, 0) is 4.79 Å². The number of ether oxygens (including phenoxy) is 1. The third kappa shape index (κ3) is 3.78. The lowest BCUT2D eigenvalue weighted by atomic mass is 9.85.